The van der Waals surface area contributed by atoms with Gasteiger partial charge in [0.15, 0.2) is 0 Å². The number of hydrogen-bond donors (Lipinski definition) is 13. The molecule has 4 saturated heterocycles. The number of aliphatic hydroxyl groups is 5. The lowest BCUT2D eigenvalue weighted by molar-refractivity contribution is -0.147. The van der Waals surface area contributed by atoms with Crippen molar-refractivity contribution in [1.82, 2.24) is 51.9 Å². The van der Waals surface area contributed by atoms with Gasteiger partial charge in [-0.3, -0.25) is 38.4 Å². The zero-order valence-corrected chi connectivity index (χ0v) is 51.4. The van der Waals surface area contributed by atoms with Gasteiger partial charge in [-0.05, 0) is 117 Å². The van der Waals surface area contributed by atoms with Crippen molar-refractivity contribution in [3.8, 4) is 33.8 Å². The van der Waals surface area contributed by atoms with Gasteiger partial charge in [0, 0.05) is 56.5 Å². The number of fused-ring (bicyclic) bond motifs is 2. The van der Waals surface area contributed by atoms with Gasteiger partial charge in [-0.25, -0.2) is 0 Å². The van der Waals surface area contributed by atoms with Crippen molar-refractivity contribution in [3.05, 3.63) is 108 Å². The van der Waals surface area contributed by atoms with Crippen LogP contribution in [0.4, 0.5) is 0 Å². The number of hydrogen-bond acceptors (Lipinski definition) is 17. The zero-order chi connectivity index (χ0) is 64.9. The van der Waals surface area contributed by atoms with Crippen molar-refractivity contribution in [2.45, 2.75) is 151 Å². The van der Waals surface area contributed by atoms with Crippen molar-refractivity contribution in [3.63, 3.8) is 0 Å². The number of aromatic hydroxyl groups is 1. The molecule has 486 valence electrons. The number of phenols is 1. The number of piperidine rings is 1. The predicted octanol–water partition coefficient (Wildman–Crippen LogP) is -0.319. The average Bonchev–Trinajstić information content (AvgIpc) is 4.10. The standard InChI is InChI=1S/C65H86N10O15/c1-6-7-8-29-90-48-23-19-43(20-24-48)41-13-11-40(12-14-41)42-15-17-44(18-16-42)58(82)68-50-33-67-59(83)49(32-66-45-25-27-73(5)28-26-45)69-63(87)56-57(81)36(2)34-75(56)65(89)54(38(4)77)71-62(86)55(52(80)30-39-9-21-46(78)22-10-39)72-61(85)51-31-47(79)35-74(51)64(88)53(37(3)76)70-60(50)84/h9-24,36-38,45,47,49-57,66,76-81H,6-8,25-35H2,1-5H3,(H,67,83)(H,68,82)(H,69,87)(H,70,84)(H,71,86)(H,72,85)/t36-,37?,38?,47+,49+,50-,51-,52+,53-,54-,55-,56-,57-/m0/s1. The summed E-state index contributed by atoms with van der Waals surface area (Å²) < 4.78 is 5.88. The van der Waals surface area contributed by atoms with Gasteiger partial charge >= 0.3 is 0 Å². The molecule has 25 heteroatoms. The van der Waals surface area contributed by atoms with E-state index in [0.29, 0.717) is 25.0 Å². The quantitative estimate of drug-likeness (QED) is 0.0603. The number of unbranched alkanes of at least 4 members (excludes halogenated alkanes) is 2. The summed E-state index contributed by atoms with van der Waals surface area (Å²) in [6.07, 6.45) is -4.37. The van der Waals surface area contributed by atoms with Crippen LogP contribution in [0.2, 0.25) is 0 Å². The second kappa shape index (κ2) is 31.1. The highest BCUT2D eigenvalue weighted by molar-refractivity contribution is 6.01. The van der Waals surface area contributed by atoms with Crippen LogP contribution in [-0.4, -0.2) is 224 Å². The Hall–Kier alpha value is -8.04. The van der Waals surface area contributed by atoms with Gasteiger partial charge in [0.1, 0.15) is 53.8 Å². The molecule has 0 spiro atoms. The normalized spacial score (nSPS) is 26.5. The minimum absolute atomic E-state index is 0.0848. The third kappa shape index (κ3) is 17.3. The summed E-state index contributed by atoms with van der Waals surface area (Å²) in [5.41, 5.74) is 4.02. The molecule has 4 aliphatic rings. The molecule has 13 N–H and O–H groups in total. The smallest absolute Gasteiger partial charge is 0.251 e. The second-order valence-electron chi connectivity index (χ2n) is 24.2. The number of amides is 8. The average molecular weight is 1250 g/mol. The number of ether oxygens (including phenoxy) is 1. The Bertz CT molecular complexity index is 3130. The SMILES string of the molecule is CCCCCOc1ccc(-c2ccc(-c3ccc(C(=O)N[C@H]4CNC(=O)[C@@H](CNC5CCN(C)CC5)NC(=O)[C@@H]5[C@@H](O)[C@@H](C)CN5C(=O)[C@H](C(C)O)NC(=O)[C@H]([C@H](O)Cc5ccc(O)cc5)NC(=O)[C@@H]5C[C@@H](O)CN5C(=O)[C@H](C(C)O)NC4=O)cc3)cc2)cc1. The van der Waals surface area contributed by atoms with Crippen LogP contribution >= 0.6 is 0 Å². The third-order valence-electron chi connectivity index (χ3n) is 17.2. The maximum atomic E-state index is 14.7. The van der Waals surface area contributed by atoms with E-state index in [2.05, 4.69) is 49.0 Å². The molecule has 4 aliphatic heterocycles. The third-order valence-corrected chi connectivity index (χ3v) is 17.2. The lowest BCUT2D eigenvalue weighted by Gasteiger charge is -2.34. The molecular formula is C65H86N10O15. The zero-order valence-electron chi connectivity index (χ0n) is 51.4. The molecule has 13 atom stereocenters. The topological polar surface area (TPSA) is 361 Å². The van der Waals surface area contributed by atoms with Gasteiger partial charge in [0.2, 0.25) is 41.4 Å². The highest BCUT2D eigenvalue weighted by Gasteiger charge is 2.50. The van der Waals surface area contributed by atoms with Gasteiger partial charge in [0.05, 0.1) is 37.1 Å². The van der Waals surface area contributed by atoms with E-state index in [-0.39, 0.29) is 36.9 Å². The van der Waals surface area contributed by atoms with Crippen molar-refractivity contribution in [1.29, 1.82) is 0 Å². The van der Waals surface area contributed by atoms with E-state index in [1.807, 2.05) is 55.6 Å². The summed E-state index contributed by atoms with van der Waals surface area (Å²) in [4.78, 5) is 121. The maximum absolute atomic E-state index is 14.7. The van der Waals surface area contributed by atoms with Crippen molar-refractivity contribution >= 4 is 47.3 Å². The Morgan fingerprint density at radius 3 is 1.81 bits per heavy atom. The van der Waals surface area contributed by atoms with Crippen LogP contribution in [0.1, 0.15) is 82.1 Å². The lowest BCUT2D eigenvalue weighted by Crippen LogP contribution is -2.65. The van der Waals surface area contributed by atoms with Crippen LogP contribution in [0, 0.1) is 5.92 Å². The van der Waals surface area contributed by atoms with Gasteiger partial charge in [-0.15, -0.1) is 0 Å². The fourth-order valence-corrected chi connectivity index (χ4v) is 11.8. The van der Waals surface area contributed by atoms with E-state index in [9.17, 15) is 69.0 Å². The van der Waals surface area contributed by atoms with Crippen LogP contribution in [0.15, 0.2) is 97.1 Å². The molecular weight excluding hydrogens is 1160 g/mol. The van der Waals surface area contributed by atoms with Gasteiger partial charge in [0.25, 0.3) is 5.91 Å². The molecule has 25 nitrogen and oxygen atoms in total. The Morgan fingerprint density at radius 1 is 0.667 bits per heavy atom. The molecule has 90 heavy (non-hydrogen) atoms. The number of carbonyl (C=O) groups is 8. The first-order valence-corrected chi connectivity index (χ1v) is 30.9. The van der Waals surface area contributed by atoms with Gasteiger partial charge in [-0.1, -0.05) is 87.4 Å². The molecule has 4 aromatic rings. The molecule has 4 fully saturated rings. The molecule has 0 bridgehead atoms. The molecule has 0 radical (unpaired) electrons. The first-order chi connectivity index (χ1) is 43.0. The Kier molecular flexibility index (Phi) is 23.5. The lowest BCUT2D eigenvalue weighted by atomic mass is 9.99. The largest absolute Gasteiger partial charge is 0.508 e. The van der Waals surface area contributed by atoms with Gasteiger partial charge < -0.3 is 87.3 Å². The van der Waals surface area contributed by atoms with Crippen molar-refractivity contribution < 1.29 is 73.7 Å². The number of rotatable bonds is 17. The summed E-state index contributed by atoms with van der Waals surface area (Å²) in [7, 11) is 1.97. The summed E-state index contributed by atoms with van der Waals surface area (Å²) in [5, 5.41) is 85.5. The first kappa shape index (κ1) is 67.9. The molecule has 2 unspecified atom stereocenters. The summed E-state index contributed by atoms with van der Waals surface area (Å²) in [5.74, 6) is -8.33. The van der Waals surface area contributed by atoms with E-state index >= 15 is 0 Å². The van der Waals surface area contributed by atoms with Crippen LogP contribution in [-0.2, 0) is 40.0 Å². The van der Waals surface area contributed by atoms with E-state index in [1.54, 1.807) is 19.1 Å². The molecule has 8 amide bonds. The number of nitrogens with zero attached hydrogens (tertiary/aromatic N) is 3. The fourth-order valence-electron chi connectivity index (χ4n) is 11.8. The molecule has 0 saturated carbocycles. The van der Waals surface area contributed by atoms with E-state index in [0.717, 1.165) is 70.2 Å². The number of likely N-dealkylation sites (tertiary alicyclic amines) is 1. The molecule has 0 aliphatic carbocycles. The van der Waals surface area contributed by atoms with E-state index in [1.165, 1.54) is 50.2 Å². The van der Waals surface area contributed by atoms with Crippen LogP contribution in [0.3, 0.4) is 0 Å². The summed E-state index contributed by atoms with van der Waals surface area (Å²) >= 11 is 0. The number of aliphatic hydroxyl groups excluding tert-OH is 5. The van der Waals surface area contributed by atoms with Crippen LogP contribution in [0.5, 0.6) is 11.5 Å². The molecule has 4 aromatic carbocycles. The molecule has 4 heterocycles. The van der Waals surface area contributed by atoms with Crippen molar-refractivity contribution in [2.24, 2.45) is 5.92 Å². The highest BCUT2D eigenvalue weighted by Crippen LogP contribution is 2.29. The van der Waals surface area contributed by atoms with Crippen LogP contribution in [0.25, 0.3) is 22.3 Å². The number of benzene rings is 4. The van der Waals surface area contributed by atoms with Crippen LogP contribution < -0.4 is 42.0 Å². The van der Waals surface area contributed by atoms with Crippen molar-refractivity contribution in [2.75, 3.05) is 52.9 Å². The van der Waals surface area contributed by atoms with E-state index in [4.69, 9.17) is 4.74 Å². The Balaban J connectivity index is 1.10. The molecule has 8 rings (SSSR count). The second-order valence-corrected chi connectivity index (χ2v) is 24.2. The highest BCUT2D eigenvalue weighted by atomic mass is 16.5. The number of phenolic OH excluding ortho intramolecular Hbond substituents is 1. The minimum Gasteiger partial charge on any atom is -0.508 e. The number of carbonyl (C=O) groups excluding carboxylic acids is 8. The summed E-state index contributed by atoms with van der Waals surface area (Å²) in [6.45, 7) is 6.49. The fraction of sp³-hybridized carbons (Fsp3) is 0.508. The Labute approximate surface area is 523 Å². The summed E-state index contributed by atoms with van der Waals surface area (Å²) in [6, 6.07) is 15.3. The predicted molar refractivity (Wildman–Crippen MR) is 331 cm³/mol. The van der Waals surface area contributed by atoms with E-state index < -0.39 is 145 Å². The van der Waals surface area contributed by atoms with Gasteiger partial charge in [-0.2, -0.15) is 0 Å². The maximum Gasteiger partial charge on any atom is 0.251 e. The molecule has 0 aromatic heterocycles. The number of nitrogens with one attached hydrogen (secondary N) is 7. The Morgan fingerprint density at radius 2 is 1.22 bits per heavy atom. The monoisotopic (exact) mass is 1250 g/mol. The first-order valence-electron chi connectivity index (χ1n) is 30.9. The minimum atomic E-state index is -1.97.